The second-order valence-corrected chi connectivity index (χ2v) is 5.34. The fourth-order valence-corrected chi connectivity index (χ4v) is 2.22. The van der Waals surface area contributed by atoms with Gasteiger partial charge >= 0.3 is 0 Å². The number of hydrogen-bond acceptors (Lipinski definition) is 3. The van der Waals surface area contributed by atoms with E-state index in [1.165, 1.54) is 7.11 Å². The van der Waals surface area contributed by atoms with Crippen LogP contribution in [0.4, 0.5) is 5.69 Å². The topological polar surface area (TPSA) is 67.4 Å². The van der Waals surface area contributed by atoms with Gasteiger partial charge in [0.1, 0.15) is 5.75 Å². The molecule has 0 aliphatic rings. The van der Waals surface area contributed by atoms with Gasteiger partial charge in [0, 0.05) is 17.8 Å². The Morgan fingerprint density at radius 2 is 1.71 bits per heavy atom. The zero-order valence-corrected chi connectivity index (χ0v) is 14.0. The normalized spacial score (nSPS) is 10.1. The summed E-state index contributed by atoms with van der Waals surface area (Å²) in [4.78, 5) is 24.3. The molecule has 0 radical (unpaired) electrons. The maximum absolute atomic E-state index is 12.3. The van der Waals surface area contributed by atoms with Crippen LogP contribution in [0.25, 0.3) is 0 Å². The van der Waals surface area contributed by atoms with Gasteiger partial charge in [-0.15, -0.1) is 0 Å². The number of carbonyl (C=O) groups excluding carboxylic acids is 2. The lowest BCUT2D eigenvalue weighted by molar-refractivity contribution is 0.0952. The molecule has 0 unspecified atom stereocenters. The van der Waals surface area contributed by atoms with Crippen LogP contribution in [0.15, 0.2) is 48.5 Å². The van der Waals surface area contributed by atoms with Crippen molar-refractivity contribution >= 4 is 17.5 Å². The molecule has 0 bridgehead atoms. The Morgan fingerprint density at radius 1 is 1.00 bits per heavy atom. The zero-order valence-electron chi connectivity index (χ0n) is 14.0. The van der Waals surface area contributed by atoms with Crippen molar-refractivity contribution in [3.05, 3.63) is 59.7 Å². The number of amides is 2. The van der Waals surface area contributed by atoms with E-state index in [0.717, 1.165) is 12.8 Å². The van der Waals surface area contributed by atoms with E-state index in [9.17, 15) is 9.59 Å². The van der Waals surface area contributed by atoms with Gasteiger partial charge in [0.05, 0.1) is 12.7 Å². The van der Waals surface area contributed by atoms with Crippen LogP contribution in [0.3, 0.4) is 0 Å². The molecule has 5 nitrogen and oxygen atoms in total. The van der Waals surface area contributed by atoms with Crippen molar-refractivity contribution in [2.75, 3.05) is 19.0 Å². The summed E-state index contributed by atoms with van der Waals surface area (Å²) in [5, 5.41) is 5.66. The van der Waals surface area contributed by atoms with Crippen molar-refractivity contribution in [1.82, 2.24) is 5.32 Å². The molecule has 0 atom stereocenters. The summed E-state index contributed by atoms with van der Waals surface area (Å²) in [5.41, 5.74) is 1.65. The molecule has 2 rings (SSSR count). The number of ether oxygens (including phenoxy) is 1. The van der Waals surface area contributed by atoms with Crippen LogP contribution in [-0.2, 0) is 0 Å². The maximum atomic E-state index is 12.3. The fraction of sp³-hybridized carbons (Fsp3) is 0.263. The standard InChI is InChI=1S/C19H22N2O3/c1-3-4-13-20-18(22)14-9-11-15(12-10-14)21-19(23)16-7-5-6-8-17(16)24-2/h5-12H,3-4,13H2,1-2H3,(H,20,22)(H,21,23). The van der Waals surface area contributed by atoms with Gasteiger partial charge in [0.25, 0.3) is 11.8 Å². The average Bonchev–Trinajstić information content (AvgIpc) is 2.62. The largest absolute Gasteiger partial charge is 0.496 e. The number of carbonyl (C=O) groups is 2. The molecular formula is C19H22N2O3. The molecule has 24 heavy (non-hydrogen) atoms. The third kappa shape index (κ3) is 4.59. The highest BCUT2D eigenvalue weighted by atomic mass is 16.5. The number of benzene rings is 2. The summed E-state index contributed by atoms with van der Waals surface area (Å²) in [7, 11) is 1.53. The van der Waals surface area contributed by atoms with Crippen LogP contribution in [0, 0.1) is 0 Å². The zero-order chi connectivity index (χ0) is 17.4. The van der Waals surface area contributed by atoms with Crippen LogP contribution in [0.5, 0.6) is 5.75 Å². The van der Waals surface area contributed by atoms with Gasteiger partial charge in [-0.2, -0.15) is 0 Å². The molecule has 5 heteroatoms. The summed E-state index contributed by atoms with van der Waals surface area (Å²) in [6.07, 6.45) is 1.99. The van der Waals surface area contributed by atoms with Gasteiger partial charge in [0.15, 0.2) is 0 Å². The molecule has 2 N–H and O–H groups in total. The van der Waals surface area contributed by atoms with Crippen molar-refractivity contribution in [3.8, 4) is 5.75 Å². The van der Waals surface area contributed by atoms with Gasteiger partial charge in [0.2, 0.25) is 0 Å². The summed E-state index contributed by atoms with van der Waals surface area (Å²) >= 11 is 0. The Morgan fingerprint density at radius 3 is 2.38 bits per heavy atom. The van der Waals surface area contributed by atoms with Gasteiger partial charge in [-0.3, -0.25) is 9.59 Å². The smallest absolute Gasteiger partial charge is 0.259 e. The Hall–Kier alpha value is -2.82. The number of unbranched alkanes of at least 4 members (excludes halogenated alkanes) is 1. The van der Waals surface area contributed by atoms with Gasteiger partial charge < -0.3 is 15.4 Å². The van der Waals surface area contributed by atoms with Crippen molar-refractivity contribution in [2.45, 2.75) is 19.8 Å². The van der Waals surface area contributed by atoms with E-state index in [1.54, 1.807) is 42.5 Å². The van der Waals surface area contributed by atoms with E-state index >= 15 is 0 Å². The molecular weight excluding hydrogens is 304 g/mol. The van der Waals surface area contributed by atoms with Gasteiger partial charge in [-0.25, -0.2) is 0 Å². The molecule has 126 valence electrons. The number of para-hydroxylation sites is 1. The molecule has 0 fully saturated rings. The van der Waals surface area contributed by atoms with Gasteiger partial charge in [-0.05, 0) is 42.8 Å². The van der Waals surface area contributed by atoms with E-state index in [1.807, 2.05) is 6.07 Å². The molecule has 2 aromatic rings. The molecule has 0 saturated carbocycles. The van der Waals surface area contributed by atoms with Crippen LogP contribution in [-0.4, -0.2) is 25.5 Å². The minimum absolute atomic E-state index is 0.106. The van der Waals surface area contributed by atoms with Crippen LogP contribution >= 0.6 is 0 Å². The Balaban J connectivity index is 2.01. The summed E-state index contributed by atoms with van der Waals surface area (Å²) in [5.74, 6) is 0.153. The SMILES string of the molecule is CCCCNC(=O)c1ccc(NC(=O)c2ccccc2OC)cc1. The van der Waals surface area contributed by atoms with E-state index in [0.29, 0.717) is 29.1 Å². The van der Waals surface area contributed by atoms with Crippen molar-refractivity contribution in [2.24, 2.45) is 0 Å². The second kappa shape index (κ2) is 8.72. The molecule has 2 aromatic carbocycles. The van der Waals surface area contributed by atoms with Gasteiger partial charge in [-0.1, -0.05) is 25.5 Å². The van der Waals surface area contributed by atoms with E-state index in [4.69, 9.17) is 4.74 Å². The number of hydrogen-bond donors (Lipinski definition) is 2. The fourth-order valence-electron chi connectivity index (χ4n) is 2.22. The number of anilines is 1. The molecule has 0 aliphatic carbocycles. The average molecular weight is 326 g/mol. The first kappa shape index (κ1) is 17.5. The number of rotatable bonds is 7. The van der Waals surface area contributed by atoms with Crippen LogP contribution in [0.1, 0.15) is 40.5 Å². The first-order valence-corrected chi connectivity index (χ1v) is 7.98. The minimum atomic E-state index is -0.257. The third-order valence-electron chi connectivity index (χ3n) is 3.57. The predicted molar refractivity (Wildman–Crippen MR) is 94.6 cm³/mol. The van der Waals surface area contributed by atoms with Crippen LogP contribution < -0.4 is 15.4 Å². The Labute approximate surface area is 142 Å². The lowest BCUT2D eigenvalue weighted by atomic mass is 10.1. The van der Waals surface area contributed by atoms with E-state index < -0.39 is 0 Å². The summed E-state index contributed by atoms with van der Waals surface area (Å²) in [6, 6.07) is 13.8. The van der Waals surface area contributed by atoms with Crippen molar-refractivity contribution in [1.29, 1.82) is 0 Å². The highest BCUT2D eigenvalue weighted by Crippen LogP contribution is 2.19. The van der Waals surface area contributed by atoms with E-state index in [2.05, 4.69) is 17.6 Å². The van der Waals surface area contributed by atoms with Crippen molar-refractivity contribution in [3.63, 3.8) is 0 Å². The first-order valence-electron chi connectivity index (χ1n) is 7.98. The first-order chi connectivity index (χ1) is 11.7. The Bertz CT molecular complexity index is 696. The molecule has 0 aliphatic heterocycles. The lowest BCUT2D eigenvalue weighted by Gasteiger charge is -2.10. The number of methoxy groups -OCH3 is 1. The minimum Gasteiger partial charge on any atom is -0.496 e. The lowest BCUT2D eigenvalue weighted by Crippen LogP contribution is -2.24. The summed E-state index contributed by atoms with van der Waals surface area (Å²) in [6.45, 7) is 2.74. The maximum Gasteiger partial charge on any atom is 0.259 e. The predicted octanol–water partition coefficient (Wildman–Crippen LogP) is 3.48. The number of nitrogens with one attached hydrogen (secondary N) is 2. The molecule has 0 heterocycles. The highest BCUT2D eigenvalue weighted by Gasteiger charge is 2.12. The third-order valence-corrected chi connectivity index (χ3v) is 3.57. The van der Waals surface area contributed by atoms with E-state index in [-0.39, 0.29) is 11.8 Å². The molecule has 0 aromatic heterocycles. The quantitative estimate of drug-likeness (QED) is 0.766. The second-order valence-electron chi connectivity index (χ2n) is 5.34. The van der Waals surface area contributed by atoms with Crippen molar-refractivity contribution < 1.29 is 14.3 Å². The monoisotopic (exact) mass is 326 g/mol. The summed E-state index contributed by atoms with van der Waals surface area (Å²) < 4.78 is 5.19. The Kier molecular flexibility index (Phi) is 6.37. The molecule has 0 spiro atoms. The molecule has 0 saturated heterocycles. The molecule has 2 amide bonds. The van der Waals surface area contributed by atoms with Crippen LogP contribution in [0.2, 0.25) is 0 Å². The highest BCUT2D eigenvalue weighted by molar-refractivity contribution is 6.06.